The summed E-state index contributed by atoms with van der Waals surface area (Å²) in [4.78, 5) is 36.3. The molecule has 2 aliphatic heterocycles. The molecule has 0 aliphatic carbocycles. The van der Waals surface area contributed by atoms with Crippen LogP contribution < -0.4 is 10.1 Å². The van der Waals surface area contributed by atoms with Crippen molar-refractivity contribution in [1.82, 2.24) is 9.80 Å². The topological polar surface area (TPSA) is 108 Å². The Morgan fingerprint density at radius 3 is 2.62 bits per heavy atom. The first-order valence-electron chi connectivity index (χ1n) is 9.41. The van der Waals surface area contributed by atoms with E-state index in [9.17, 15) is 9.59 Å². The lowest BCUT2D eigenvalue weighted by Crippen LogP contribution is -2.42. The fourth-order valence-electron chi connectivity index (χ4n) is 2.87. The second kappa shape index (κ2) is 11.7. The number of amides is 3. The van der Waals surface area contributed by atoms with Gasteiger partial charge >= 0.3 is 6.03 Å². The van der Waals surface area contributed by atoms with Crippen LogP contribution in [0.1, 0.15) is 13.3 Å². The Labute approximate surface area is 169 Å². The number of carbonyl (C=O) groups excluding carboxylic acids is 2. The lowest BCUT2D eigenvalue weighted by Gasteiger charge is -2.26. The van der Waals surface area contributed by atoms with Gasteiger partial charge in [-0.05, 0) is 25.5 Å². The first-order valence-corrected chi connectivity index (χ1v) is 9.41. The van der Waals surface area contributed by atoms with Crippen molar-refractivity contribution in [3.63, 3.8) is 0 Å². The van der Waals surface area contributed by atoms with Crippen LogP contribution in [0, 0.1) is 0 Å². The quantitative estimate of drug-likeness (QED) is 0.584. The van der Waals surface area contributed by atoms with Crippen LogP contribution in [0.5, 0.6) is 5.75 Å². The average Bonchev–Trinajstić information content (AvgIpc) is 2.74. The monoisotopic (exact) mass is 405 g/mol. The van der Waals surface area contributed by atoms with Gasteiger partial charge in [0.1, 0.15) is 5.75 Å². The van der Waals surface area contributed by atoms with Gasteiger partial charge in [-0.3, -0.25) is 9.59 Å². The van der Waals surface area contributed by atoms with Crippen molar-refractivity contribution >= 4 is 24.1 Å². The number of urea groups is 1. The second-order valence-corrected chi connectivity index (χ2v) is 6.59. The van der Waals surface area contributed by atoms with Crippen LogP contribution in [0.25, 0.3) is 0 Å². The Bertz CT molecular complexity index is 731. The Morgan fingerprint density at radius 1 is 1.24 bits per heavy atom. The lowest BCUT2D eigenvalue weighted by molar-refractivity contribution is -0.137. The van der Waals surface area contributed by atoms with E-state index in [1.54, 1.807) is 34.1 Å². The van der Waals surface area contributed by atoms with E-state index in [4.69, 9.17) is 19.4 Å². The number of morpholine rings is 1. The van der Waals surface area contributed by atoms with E-state index in [0.29, 0.717) is 44.3 Å². The molecule has 158 valence electrons. The summed E-state index contributed by atoms with van der Waals surface area (Å²) in [7, 11) is 0. The number of carboxylic acid groups (broad SMARTS) is 1. The molecule has 3 rings (SSSR count). The van der Waals surface area contributed by atoms with E-state index in [2.05, 4.69) is 18.3 Å². The Kier molecular flexibility index (Phi) is 8.97. The number of ether oxygens (including phenoxy) is 2. The summed E-state index contributed by atoms with van der Waals surface area (Å²) < 4.78 is 10.8. The number of carbonyl (C=O) groups is 3. The molecule has 0 radical (unpaired) electrons. The number of hydrogen-bond donors (Lipinski definition) is 2. The highest BCUT2D eigenvalue weighted by Gasteiger charge is 2.18. The van der Waals surface area contributed by atoms with E-state index >= 15 is 0 Å². The van der Waals surface area contributed by atoms with Gasteiger partial charge in [0.2, 0.25) is 0 Å². The molecule has 3 amide bonds. The van der Waals surface area contributed by atoms with E-state index < -0.39 is 0 Å². The minimum Gasteiger partial charge on any atom is -0.484 e. The molecule has 0 saturated carbocycles. The summed E-state index contributed by atoms with van der Waals surface area (Å²) >= 11 is 0. The maximum atomic E-state index is 12.3. The molecule has 1 aromatic rings. The summed E-state index contributed by atoms with van der Waals surface area (Å²) in [5, 5.41) is 9.77. The van der Waals surface area contributed by atoms with Crippen molar-refractivity contribution in [2.24, 2.45) is 0 Å². The smallest absolute Gasteiger partial charge is 0.322 e. The van der Waals surface area contributed by atoms with Crippen LogP contribution >= 0.6 is 0 Å². The maximum Gasteiger partial charge on any atom is 0.322 e. The van der Waals surface area contributed by atoms with E-state index in [0.717, 1.165) is 13.0 Å². The number of hydrogen-bond acceptors (Lipinski definition) is 5. The van der Waals surface area contributed by atoms with E-state index in [-0.39, 0.29) is 25.0 Å². The van der Waals surface area contributed by atoms with Crippen LogP contribution in [0.3, 0.4) is 0 Å². The largest absolute Gasteiger partial charge is 0.484 e. The average molecular weight is 405 g/mol. The lowest BCUT2D eigenvalue weighted by atomic mass is 10.1. The van der Waals surface area contributed by atoms with Gasteiger partial charge in [-0.15, -0.1) is 0 Å². The van der Waals surface area contributed by atoms with Crippen LogP contribution in [0.2, 0.25) is 0 Å². The third-order valence-electron chi connectivity index (χ3n) is 4.53. The highest BCUT2D eigenvalue weighted by molar-refractivity contribution is 5.89. The maximum absolute atomic E-state index is 12.3. The first-order chi connectivity index (χ1) is 14.0. The molecule has 9 nitrogen and oxygen atoms in total. The van der Waals surface area contributed by atoms with Crippen LogP contribution in [0.15, 0.2) is 35.9 Å². The molecule has 0 unspecified atom stereocenters. The van der Waals surface area contributed by atoms with Crippen molar-refractivity contribution in [3.8, 4) is 5.75 Å². The Morgan fingerprint density at radius 2 is 1.97 bits per heavy atom. The predicted octanol–water partition coefficient (Wildman–Crippen LogP) is 1.81. The minimum atomic E-state index is -0.250. The van der Waals surface area contributed by atoms with Gasteiger partial charge in [-0.2, -0.15) is 0 Å². The Balaban J connectivity index is 0.000000941. The van der Waals surface area contributed by atoms with Gasteiger partial charge in [0.05, 0.1) is 13.2 Å². The summed E-state index contributed by atoms with van der Waals surface area (Å²) in [5.74, 6) is 0.497. The molecule has 2 N–H and O–H groups in total. The number of rotatable bonds is 4. The summed E-state index contributed by atoms with van der Waals surface area (Å²) in [5.41, 5.74) is 1.96. The zero-order chi connectivity index (χ0) is 21.1. The summed E-state index contributed by atoms with van der Waals surface area (Å²) in [6.07, 6.45) is 2.97. The van der Waals surface area contributed by atoms with Crippen molar-refractivity contribution in [1.29, 1.82) is 0 Å². The van der Waals surface area contributed by atoms with E-state index in [1.165, 1.54) is 5.57 Å². The third kappa shape index (κ3) is 7.46. The highest BCUT2D eigenvalue weighted by Crippen LogP contribution is 2.19. The predicted molar refractivity (Wildman–Crippen MR) is 107 cm³/mol. The molecule has 29 heavy (non-hydrogen) atoms. The standard InChI is InChI=1S/C19H25N3O4.CH2O2/c1-15-5-7-22(8-6-15)19(24)20-16-3-2-4-17(13-16)26-14-18(23)21-9-11-25-12-10-21;2-1-3/h2-5,13H,6-12,14H2,1H3,(H,20,24);1H,(H,2,3). The SMILES string of the molecule is CC1=CCN(C(=O)Nc2cccc(OCC(=O)N3CCOCC3)c2)CC1.O=CO. The van der Waals surface area contributed by atoms with Crippen molar-refractivity contribution < 1.29 is 29.0 Å². The highest BCUT2D eigenvalue weighted by atomic mass is 16.5. The van der Waals surface area contributed by atoms with Gasteiger partial charge in [-0.25, -0.2) is 4.79 Å². The van der Waals surface area contributed by atoms with Gasteiger partial charge in [0.15, 0.2) is 6.61 Å². The van der Waals surface area contributed by atoms with Gasteiger partial charge in [0, 0.05) is 37.9 Å². The number of nitrogens with zero attached hydrogens (tertiary/aromatic N) is 2. The zero-order valence-corrected chi connectivity index (χ0v) is 16.5. The van der Waals surface area contributed by atoms with Gasteiger partial charge in [-0.1, -0.05) is 17.7 Å². The molecule has 1 aromatic carbocycles. The zero-order valence-electron chi connectivity index (χ0n) is 16.5. The normalized spacial score (nSPS) is 16.1. The molecule has 0 bridgehead atoms. The molecule has 0 aromatic heterocycles. The molecular formula is C20H27N3O6. The fourth-order valence-corrected chi connectivity index (χ4v) is 2.87. The fraction of sp³-hybridized carbons (Fsp3) is 0.450. The number of benzene rings is 1. The van der Waals surface area contributed by atoms with Crippen molar-refractivity contribution in [2.75, 3.05) is 51.3 Å². The first kappa shape index (κ1) is 22.2. The summed E-state index contributed by atoms with van der Waals surface area (Å²) in [6, 6.07) is 6.98. The second-order valence-electron chi connectivity index (χ2n) is 6.59. The van der Waals surface area contributed by atoms with Crippen molar-refractivity contribution in [3.05, 3.63) is 35.9 Å². The molecule has 0 atom stereocenters. The minimum absolute atomic E-state index is 0.0202. The number of nitrogens with one attached hydrogen (secondary N) is 1. The molecular weight excluding hydrogens is 378 g/mol. The molecule has 1 fully saturated rings. The Hall–Kier alpha value is -3.07. The third-order valence-corrected chi connectivity index (χ3v) is 4.53. The van der Waals surface area contributed by atoms with Crippen LogP contribution in [-0.4, -0.2) is 79.3 Å². The number of anilines is 1. The van der Waals surface area contributed by atoms with Gasteiger partial charge in [0.25, 0.3) is 12.4 Å². The van der Waals surface area contributed by atoms with E-state index in [1.807, 2.05) is 0 Å². The molecule has 2 aliphatic rings. The molecule has 9 heteroatoms. The molecule has 1 saturated heterocycles. The van der Waals surface area contributed by atoms with Gasteiger partial charge < -0.3 is 29.7 Å². The molecule has 0 spiro atoms. The van der Waals surface area contributed by atoms with Crippen LogP contribution in [-0.2, 0) is 14.3 Å². The van der Waals surface area contributed by atoms with Crippen molar-refractivity contribution in [2.45, 2.75) is 13.3 Å². The van der Waals surface area contributed by atoms with Crippen LogP contribution in [0.4, 0.5) is 10.5 Å². The summed E-state index contributed by atoms with van der Waals surface area (Å²) in [6.45, 7) is 5.49. The molecule has 2 heterocycles.